The maximum atomic E-state index is 3.67. The van der Waals surface area contributed by atoms with E-state index in [9.17, 15) is 0 Å². The molecule has 0 fully saturated rings. The van der Waals surface area contributed by atoms with E-state index in [0.717, 1.165) is 17.4 Å². The number of aryl methyl sites for hydroxylation is 2. The molecular formula is C16H20BrNS. The molecule has 1 atom stereocenters. The van der Waals surface area contributed by atoms with Gasteiger partial charge in [-0.05, 0) is 56.1 Å². The van der Waals surface area contributed by atoms with Gasteiger partial charge in [-0.15, -0.1) is 11.3 Å². The molecule has 1 aromatic heterocycles. The van der Waals surface area contributed by atoms with E-state index in [1.54, 1.807) is 0 Å². The quantitative estimate of drug-likeness (QED) is 0.788. The fourth-order valence-electron chi connectivity index (χ4n) is 2.25. The number of hydrogen-bond acceptors (Lipinski definition) is 2. The van der Waals surface area contributed by atoms with Crippen molar-refractivity contribution in [3.63, 3.8) is 0 Å². The highest BCUT2D eigenvalue weighted by Gasteiger charge is 2.17. The molecule has 1 aromatic carbocycles. The summed E-state index contributed by atoms with van der Waals surface area (Å²) in [6.07, 6.45) is 1.15. The van der Waals surface area contributed by atoms with Crippen molar-refractivity contribution in [1.29, 1.82) is 0 Å². The lowest BCUT2D eigenvalue weighted by Crippen LogP contribution is -2.22. The lowest BCUT2D eigenvalue weighted by Gasteiger charge is -2.19. The first-order chi connectivity index (χ1) is 9.11. The molecule has 19 heavy (non-hydrogen) atoms. The molecular weight excluding hydrogens is 318 g/mol. The second-order valence-electron chi connectivity index (χ2n) is 4.84. The van der Waals surface area contributed by atoms with E-state index < -0.39 is 0 Å². The van der Waals surface area contributed by atoms with Crippen LogP contribution in [-0.2, 0) is 0 Å². The van der Waals surface area contributed by atoms with Crippen molar-refractivity contribution in [2.24, 2.45) is 0 Å². The van der Waals surface area contributed by atoms with Gasteiger partial charge >= 0.3 is 0 Å². The molecule has 0 amide bonds. The number of benzene rings is 1. The summed E-state index contributed by atoms with van der Waals surface area (Å²) in [5, 5.41) is 3.67. The summed E-state index contributed by atoms with van der Waals surface area (Å²) in [7, 11) is 0. The van der Waals surface area contributed by atoms with Crippen LogP contribution in [0.1, 0.15) is 40.3 Å². The third-order valence-corrected chi connectivity index (χ3v) is 4.89. The molecule has 0 saturated carbocycles. The highest BCUT2D eigenvalue weighted by atomic mass is 79.9. The van der Waals surface area contributed by atoms with Crippen molar-refractivity contribution in [3.8, 4) is 0 Å². The SMILES string of the molecule is CCCNC(c1ccc(Br)cc1)c1sc(C)cc1C. The van der Waals surface area contributed by atoms with Crippen LogP contribution in [-0.4, -0.2) is 6.54 Å². The standard InChI is InChI=1S/C16H20BrNS/c1-4-9-18-15(13-5-7-14(17)8-6-13)16-11(2)10-12(3)19-16/h5-8,10,15,18H,4,9H2,1-3H3. The average Bonchev–Trinajstić information content (AvgIpc) is 2.71. The molecule has 0 saturated heterocycles. The van der Waals surface area contributed by atoms with Gasteiger partial charge in [-0.1, -0.05) is 35.0 Å². The molecule has 2 aromatic rings. The summed E-state index contributed by atoms with van der Waals surface area (Å²) in [6.45, 7) is 7.63. The molecule has 3 heteroatoms. The molecule has 0 aliphatic carbocycles. The fourth-order valence-corrected chi connectivity index (χ4v) is 3.66. The number of halogens is 1. The van der Waals surface area contributed by atoms with Crippen molar-refractivity contribution in [1.82, 2.24) is 5.32 Å². The van der Waals surface area contributed by atoms with E-state index in [4.69, 9.17) is 0 Å². The molecule has 0 radical (unpaired) electrons. The normalized spacial score (nSPS) is 12.6. The third-order valence-electron chi connectivity index (χ3n) is 3.14. The summed E-state index contributed by atoms with van der Waals surface area (Å²) >= 11 is 5.40. The van der Waals surface area contributed by atoms with Crippen molar-refractivity contribution < 1.29 is 0 Å². The van der Waals surface area contributed by atoms with Crippen molar-refractivity contribution in [3.05, 3.63) is 55.7 Å². The molecule has 1 N–H and O–H groups in total. The van der Waals surface area contributed by atoms with Crippen LogP contribution in [0.25, 0.3) is 0 Å². The fraction of sp³-hybridized carbons (Fsp3) is 0.375. The van der Waals surface area contributed by atoms with Gasteiger partial charge in [0, 0.05) is 14.2 Å². The van der Waals surface area contributed by atoms with E-state index in [0.29, 0.717) is 6.04 Å². The van der Waals surface area contributed by atoms with Gasteiger partial charge in [-0.2, -0.15) is 0 Å². The van der Waals surface area contributed by atoms with Gasteiger partial charge in [0.1, 0.15) is 0 Å². The zero-order valence-electron chi connectivity index (χ0n) is 11.7. The van der Waals surface area contributed by atoms with Gasteiger partial charge < -0.3 is 5.32 Å². The minimum Gasteiger partial charge on any atom is -0.306 e. The summed E-state index contributed by atoms with van der Waals surface area (Å²) in [5.41, 5.74) is 2.72. The topological polar surface area (TPSA) is 12.0 Å². The molecule has 1 nitrogen and oxygen atoms in total. The number of nitrogens with one attached hydrogen (secondary N) is 1. The molecule has 0 aliphatic rings. The minimum atomic E-state index is 0.312. The Morgan fingerprint density at radius 3 is 2.42 bits per heavy atom. The Morgan fingerprint density at radius 2 is 1.89 bits per heavy atom. The molecule has 2 rings (SSSR count). The summed E-state index contributed by atoms with van der Waals surface area (Å²) in [5.74, 6) is 0. The van der Waals surface area contributed by atoms with Crippen molar-refractivity contribution in [2.75, 3.05) is 6.54 Å². The Balaban J connectivity index is 2.35. The van der Waals surface area contributed by atoms with Crippen LogP contribution in [0.2, 0.25) is 0 Å². The lowest BCUT2D eigenvalue weighted by atomic mass is 10.0. The summed E-state index contributed by atoms with van der Waals surface area (Å²) in [6, 6.07) is 11.2. The highest BCUT2D eigenvalue weighted by Crippen LogP contribution is 2.32. The predicted octanol–water partition coefficient (Wildman–Crippen LogP) is 5.22. The van der Waals surface area contributed by atoms with Crippen LogP contribution in [0.5, 0.6) is 0 Å². The number of rotatable bonds is 5. The first-order valence-corrected chi connectivity index (χ1v) is 8.28. The van der Waals surface area contributed by atoms with Crippen LogP contribution < -0.4 is 5.32 Å². The van der Waals surface area contributed by atoms with Crippen LogP contribution in [0.4, 0.5) is 0 Å². The Morgan fingerprint density at radius 1 is 1.21 bits per heavy atom. The zero-order chi connectivity index (χ0) is 13.8. The van der Waals surface area contributed by atoms with E-state index in [2.05, 4.69) is 72.3 Å². The van der Waals surface area contributed by atoms with Crippen LogP contribution in [0.15, 0.2) is 34.8 Å². The Bertz CT molecular complexity index is 530. The van der Waals surface area contributed by atoms with Gasteiger partial charge in [0.2, 0.25) is 0 Å². The second kappa shape index (κ2) is 6.69. The Labute approximate surface area is 128 Å². The van der Waals surface area contributed by atoms with Gasteiger partial charge in [0.15, 0.2) is 0 Å². The number of hydrogen-bond donors (Lipinski definition) is 1. The van der Waals surface area contributed by atoms with E-state index >= 15 is 0 Å². The Hall–Kier alpha value is -0.640. The van der Waals surface area contributed by atoms with Crippen molar-refractivity contribution in [2.45, 2.75) is 33.2 Å². The first-order valence-electron chi connectivity index (χ1n) is 6.67. The molecule has 0 bridgehead atoms. The van der Waals surface area contributed by atoms with Gasteiger partial charge in [-0.3, -0.25) is 0 Å². The predicted molar refractivity (Wildman–Crippen MR) is 88.1 cm³/mol. The smallest absolute Gasteiger partial charge is 0.0673 e. The maximum Gasteiger partial charge on any atom is 0.0673 e. The first kappa shape index (κ1) is 14.8. The second-order valence-corrected chi connectivity index (χ2v) is 7.05. The molecule has 1 heterocycles. The van der Waals surface area contributed by atoms with Gasteiger partial charge in [-0.25, -0.2) is 0 Å². The van der Waals surface area contributed by atoms with Crippen LogP contribution in [0, 0.1) is 13.8 Å². The molecule has 0 spiro atoms. The largest absolute Gasteiger partial charge is 0.306 e. The summed E-state index contributed by atoms with van der Waals surface area (Å²) < 4.78 is 1.13. The molecule has 1 unspecified atom stereocenters. The zero-order valence-corrected chi connectivity index (χ0v) is 14.1. The van der Waals surface area contributed by atoms with Gasteiger partial charge in [0.05, 0.1) is 6.04 Å². The average molecular weight is 338 g/mol. The highest BCUT2D eigenvalue weighted by molar-refractivity contribution is 9.10. The Kier molecular flexibility index (Phi) is 5.20. The van der Waals surface area contributed by atoms with Crippen molar-refractivity contribution >= 4 is 27.3 Å². The van der Waals surface area contributed by atoms with E-state index in [-0.39, 0.29) is 0 Å². The van der Waals surface area contributed by atoms with Gasteiger partial charge in [0.25, 0.3) is 0 Å². The molecule has 102 valence electrons. The lowest BCUT2D eigenvalue weighted by molar-refractivity contribution is 0.604. The van der Waals surface area contributed by atoms with Crippen LogP contribution in [0.3, 0.4) is 0 Å². The summed E-state index contributed by atoms with van der Waals surface area (Å²) in [4.78, 5) is 2.82. The third kappa shape index (κ3) is 3.68. The van der Waals surface area contributed by atoms with Crippen LogP contribution >= 0.6 is 27.3 Å². The molecule has 0 aliphatic heterocycles. The van der Waals surface area contributed by atoms with E-state index in [1.165, 1.54) is 20.9 Å². The monoisotopic (exact) mass is 337 g/mol. The minimum absolute atomic E-state index is 0.312. The maximum absolute atomic E-state index is 3.67. The number of thiophene rings is 1. The van der Waals surface area contributed by atoms with E-state index in [1.807, 2.05) is 11.3 Å².